The fourth-order valence-corrected chi connectivity index (χ4v) is 3.07. The summed E-state index contributed by atoms with van der Waals surface area (Å²) in [5.74, 6) is 0.0826. The molecule has 0 spiro atoms. The average molecular weight is 427 g/mol. The normalized spacial score (nSPS) is 10.7. The van der Waals surface area contributed by atoms with E-state index in [0.717, 1.165) is 17.5 Å². The molecule has 0 saturated carbocycles. The minimum atomic E-state index is -0.284. The molecule has 0 bridgehead atoms. The Morgan fingerprint density at radius 3 is 2.32 bits per heavy atom. The van der Waals surface area contributed by atoms with Crippen molar-refractivity contribution in [3.8, 4) is 5.75 Å². The first-order valence-electron chi connectivity index (χ1n) is 8.97. The minimum Gasteiger partial charge on any atom is -0.469 e. The van der Waals surface area contributed by atoms with E-state index in [1.807, 2.05) is 30.3 Å². The van der Waals surface area contributed by atoms with Gasteiger partial charge in [0.2, 0.25) is 0 Å². The van der Waals surface area contributed by atoms with Gasteiger partial charge in [-0.3, -0.25) is 4.79 Å². The van der Waals surface area contributed by atoms with E-state index in [1.54, 1.807) is 12.1 Å². The van der Waals surface area contributed by atoms with E-state index in [0.29, 0.717) is 42.0 Å². The lowest BCUT2D eigenvalue weighted by atomic mass is 10.1. The van der Waals surface area contributed by atoms with E-state index in [-0.39, 0.29) is 19.2 Å². The molecule has 0 heterocycles. The third-order valence-corrected chi connectivity index (χ3v) is 4.44. The molecule has 0 N–H and O–H groups in total. The number of hydrogen-bond acceptors (Lipinski definition) is 5. The minimum absolute atomic E-state index is 0.0413. The number of carbonyl (C=O) groups is 1. The molecule has 0 amide bonds. The second-order valence-corrected chi connectivity index (χ2v) is 6.84. The van der Waals surface area contributed by atoms with E-state index in [4.69, 9.17) is 37.4 Å². The van der Waals surface area contributed by atoms with Crippen molar-refractivity contribution in [1.82, 2.24) is 0 Å². The second-order valence-electron chi connectivity index (χ2n) is 6.03. The first-order chi connectivity index (χ1) is 13.6. The third kappa shape index (κ3) is 8.07. The fourth-order valence-electron chi connectivity index (χ4n) is 2.43. The number of halogens is 2. The van der Waals surface area contributed by atoms with Crippen molar-refractivity contribution in [3.63, 3.8) is 0 Å². The summed E-state index contributed by atoms with van der Waals surface area (Å²) >= 11 is 12.4. The Morgan fingerprint density at radius 1 is 0.964 bits per heavy atom. The maximum Gasteiger partial charge on any atom is 0.305 e. The molecule has 0 saturated heterocycles. The molecule has 0 aliphatic carbocycles. The lowest BCUT2D eigenvalue weighted by Crippen LogP contribution is -2.07. The zero-order valence-corrected chi connectivity index (χ0v) is 17.3. The van der Waals surface area contributed by atoms with Crippen molar-refractivity contribution >= 4 is 29.2 Å². The van der Waals surface area contributed by atoms with E-state index in [9.17, 15) is 4.79 Å². The lowest BCUT2D eigenvalue weighted by Gasteiger charge is -2.12. The zero-order valence-electron chi connectivity index (χ0n) is 15.8. The highest BCUT2D eigenvalue weighted by atomic mass is 35.5. The Balaban J connectivity index is 1.63. The van der Waals surface area contributed by atoms with Gasteiger partial charge < -0.3 is 18.9 Å². The van der Waals surface area contributed by atoms with Crippen LogP contribution in [0.1, 0.15) is 24.0 Å². The summed E-state index contributed by atoms with van der Waals surface area (Å²) in [5.41, 5.74) is 1.98. The highest BCUT2D eigenvalue weighted by Gasteiger charge is 2.11. The van der Waals surface area contributed by atoms with Gasteiger partial charge in [-0.25, -0.2) is 0 Å². The molecule has 0 radical (unpaired) electrons. The van der Waals surface area contributed by atoms with Gasteiger partial charge in [0.15, 0.2) is 12.5 Å². The Morgan fingerprint density at radius 2 is 1.64 bits per heavy atom. The molecule has 0 atom stereocenters. The Labute approximate surface area is 175 Å². The lowest BCUT2D eigenvalue weighted by molar-refractivity contribution is -0.140. The van der Waals surface area contributed by atoms with Crippen LogP contribution >= 0.6 is 23.2 Å². The molecule has 2 aromatic rings. The number of esters is 1. The predicted molar refractivity (Wildman–Crippen MR) is 109 cm³/mol. The molecule has 0 aliphatic heterocycles. The smallest absolute Gasteiger partial charge is 0.305 e. The summed E-state index contributed by atoms with van der Waals surface area (Å²) < 4.78 is 21.2. The molecular formula is C21H24Cl2O5. The summed E-state index contributed by atoms with van der Waals surface area (Å²) in [5, 5.41) is 0.754. The largest absolute Gasteiger partial charge is 0.469 e. The van der Waals surface area contributed by atoms with Gasteiger partial charge in [0.1, 0.15) is 0 Å². The van der Waals surface area contributed by atoms with Gasteiger partial charge >= 0.3 is 5.97 Å². The summed E-state index contributed by atoms with van der Waals surface area (Å²) in [6.45, 7) is 1.73. The number of methoxy groups -OCH3 is 1. The topological polar surface area (TPSA) is 54.0 Å². The fraction of sp³-hybridized carbons (Fsp3) is 0.381. The van der Waals surface area contributed by atoms with Crippen molar-refractivity contribution in [2.45, 2.75) is 25.9 Å². The van der Waals surface area contributed by atoms with Crippen molar-refractivity contribution < 1.29 is 23.7 Å². The maximum atomic E-state index is 11.2. The maximum absolute atomic E-state index is 11.2. The van der Waals surface area contributed by atoms with Crippen LogP contribution in [0.2, 0.25) is 10.0 Å². The molecule has 0 unspecified atom stereocenters. The van der Waals surface area contributed by atoms with Crippen molar-refractivity contribution in [2.75, 3.05) is 27.1 Å². The molecule has 28 heavy (non-hydrogen) atoms. The van der Waals surface area contributed by atoms with Crippen LogP contribution in [0.5, 0.6) is 5.75 Å². The van der Waals surface area contributed by atoms with Gasteiger partial charge in [0.25, 0.3) is 0 Å². The standard InChI is InChI=1S/C21H24Cl2O5/c1-25-20(24)9-8-17-12-18(22)21(19(23)13-17)28-15-27-11-5-10-26-14-16-6-3-2-4-7-16/h2-4,6-7,12-13H,5,8-11,14-15H2,1H3. The zero-order chi connectivity index (χ0) is 20.2. The van der Waals surface area contributed by atoms with Gasteiger partial charge in [-0.05, 0) is 36.1 Å². The Bertz CT molecular complexity index is 714. The summed E-state index contributed by atoms with van der Waals surface area (Å²) in [6, 6.07) is 13.5. The highest BCUT2D eigenvalue weighted by molar-refractivity contribution is 6.37. The van der Waals surface area contributed by atoms with Gasteiger partial charge in [-0.15, -0.1) is 0 Å². The quantitative estimate of drug-likeness (QED) is 0.269. The third-order valence-electron chi connectivity index (χ3n) is 3.88. The van der Waals surface area contributed by atoms with Crippen LogP contribution in [-0.2, 0) is 32.0 Å². The van der Waals surface area contributed by atoms with Gasteiger partial charge in [0.05, 0.1) is 30.4 Å². The van der Waals surface area contributed by atoms with Crippen LogP contribution < -0.4 is 4.74 Å². The van der Waals surface area contributed by atoms with Crippen LogP contribution in [-0.4, -0.2) is 33.1 Å². The molecule has 152 valence electrons. The van der Waals surface area contributed by atoms with Crippen molar-refractivity contribution in [1.29, 1.82) is 0 Å². The van der Waals surface area contributed by atoms with Gasteiger partial charge in [-0.2, -0.15) is 0 Å². The van der Waals surface area contributed by atoms with E-state index >= 15 is 0 Å². The number of aryl methyl sites for hydroxylation is 1. The second kappa shape index (κ2) is 12.6. The van der Waals surface area contributed by atoms with Crippen LogP contribution in [0.25, 0.3) is 0 Å². The predicted octanol–water partition coefficient (Wildman–Crippen LogP) is 5.06. The number of benzene rings is 2. The van der Waals surface area contributed by atoms with E-state index < -0.39 is 0 Å². The van der Waals surface area contributed by atoms with Crippen LogP contribution in [0.4, 0.5) is 0 Å². The van der Waals surface area contributed by atoms with Crippen LogP contribution in [0.15, 0.2) is 42.5 Å². The van der Waals surface area contributed by atoms with Gasteiger partial charge in [-0.1, -0.05) is 53.5 Å². The van der Waals surface area contributed by atoms with Crippen LogP contribution in [0.3, 0.4) is 0 Å². The highest BCUT2D eigenvalue weighted by Crippen LogP contribution is 2.34. The van der Waals surface area contributed by atoms with Crippen molar-refractivity contribution in [2.24, 2.45) is 0 Å². The van der Waals surface area contributed by atoms with Gasteiger partial charge in [0, 0.05) is 13.0 Å². The molecule has 0 aromatic heterocycles. The summed E-state index contributed by atoms with van der Waals surface area (Å²) in [7, 11) is 1.36. The monoisotopic (exact) mass is 426 g/mol. The molecule has 7 heteroatoms. The summed E-state index contributed by atoms with van der Waals surface area (Å²) in [6.07, 6.45) is 1.51. The number of carbonyl (C=O) groups excluding carboxylic acids is 1. The molecular weight excluding hydrogens is 403 g/mol. The molecule has 5 nitrogen and oxygen atoms in total. The molecule has 0 fully saturated rings. The number of rotatable bonds is 12. The molecule has 2 aromatic carbocycles. The molecule has 2 rings (SSSR count). The van der Waals surface area contributed by atoms with E-state index in [2.05, 4.69) is 4.74 Å². The SMILES string of the molecule is COC(=O)CCc1cc(Cl)c(OCOCCCOCc2ccccc2)c(Cl)c1. The van der Waals surface area contributed by atoms with Crippen molar-refractivity contribution in [3.05, 3.63) is 63.6 Å². The summed E-state index contributed by atoms with van der Waals surface area (Å²) in [4.78, 5) is 11.2. The number of ether oxygens (including phenoxy) is 4. The number of hydrogen-bond donors (Lipinski definition) is 0. The van der Waals surface area contributed by atoms with E-state index in [1.165, 1.54) is 7.11 Å². The Kier molecular flexibility index (Phi) is 10.1. The Hall–Kier alpha value is -1.79. The molecule has 0 aliphatic rings. The first-order valence-corrected chi connectivity index (χ1v) is 9.72. The average Bonchev–Trinajstić information content (AvgIpc) is 2.70. The van der Waals surface area contributed by atoms with Crippen LogP contribution in [0, 0.1) is 0 Å². The first kappa shape index (κ1) is 22.5.